The van der Waals surface area contributed by atoms with E-state index in [4.69, 9.17) is 5.73 Å². The van der Waals surface area contributed by atoms with Gasteiger partial charge in [-0.1, -0.05) is 78.9 Å². The van der Waals surface area contributed by atoms with Gasteiger partial charge in [-0.2, -0.15) is 0 Å². The highest BCUT2D eigenvalue weighted by Crippen LogP contribution is 2.08. The number of carbonyl (C=O) groups is 1. The number of ketones is 1. The summed E-state index contributed by atoms with van der Waals surface area (Å²) in [4.78, 5) is 11.8. The lowest BCUT2D eigenvalue weighted by atomic mass is 10.0. The maximum atomic E-state index is 11.8. The Bertz CT molecular complexity index is 622. The molecule has 0 bridgehead atoms. The molecule has 0 unspecified atom stereocenters. The van der Waals surface area contributed by atoms with E-state index in [9.17, 15) is 4.79 Å². The summed E-state index contributed by atoms with van der Waals surface area (Å²) in [5.74, 6) is 0.0752. The molecule has 2 N–H and O–H groups in total. The largest absolute Gasteiger partial charge is 0.399 e. The van der Waals surface area contributed by atoms with Gasteiger partial charge in [0.05, 0.1) is 0 Å². The van der Waals surface area contributed by atoms with Crippen LogP contribution in [0.15, 0.2) is 91.0 Å². The summed E-state index contributed by atoms with van der Waals surface area (Å²) in [6, 6.07) is 28.1. The van der Waals surface area contributed by atoms with Crippen LogP contribution < -0.4 is 5.73 Å². The quantitative estimate of drug-likeness (QED) is 0.563. The average Bonchev–Trinajstić information content (AvgIpc) is 2.57. The van der Waals surface area contributed by atoms with E-state index in [1.807, 2.05) is 91.0 Å². The summed E-state index contributed by atoms with van der Waals surface area (Å²) >= 11 is 0. The number of rotatable bonds is 2. The molecule has 0 radical (unpaired) electrons. The first kappa shape index (κ1) is 14.5. The van der Waals surface area contributed by atoms with Gasteiger partial charge in [0.1, 0.15) is 0 Å². The summed E-state index contributed by atoms with van der Waals surface area (Å²) in [5.41, 5.74) is 7.65. The number of nitrogen functional groups attached to an aromatic ring is 1. The second-order valence-corrected chi connectivity index (χ2v) is 4.47. The van der Waals surface area contributed by atoms with Gasteiger partial charge < -0.3 is 5.73 Å². The molecular weight excluding hydrogens is 258 g/mol. The smallest absolute Gasteiger partial charge is 0.193 e. The van der Waals surface area contributed by atoms with Gasteiger partial charge in [-0.05, 0) is 12.1 Å². The molecule has 21 heavy (non-hydrogen) atoms. The predicted molar refractivity (Wildman–Crippen MR) is 87.2 cm³/mol. The summed E-state index contributed by atoms with van der Waals surface area (Å²) in [7, 11) is 0. The van der Waals surface area contributed by atoms with E-state index < -0.39 is 0 Å². The van der Waals surface area contributed by atoms with Gasteiger partial charge in [0.15, 0.2) is 5.78 Å². The van der Waals surface area contributed by atoms with Crippen molar-refractivity contribution in [3.8, 4) is 0 Å². The normalized spacial score (nSPS) is 9.33. The van der Waals surface area contributed by atoms with Crippen LogP contribution in [0, 0.1) is 0 Å². The van der Waals surface area contributed by atoms with Crippen molar-refractivity contribution in [2.24, 2.45) is 0 Å². The maximum Gasteiger partial charge on any atom is 0.193 e. The number of para-hydroxylation sites is 1. The Hall–Kier alpha value is -2.87. The number of hydrogen-bond donors (Lipinski definition) is 1. The SMILES string of the molecule is Nc1ccccc1.O=C(c1ccccc1)c1ccccc1. The van der Waals surface area contributed by atoms with Crippen LogP contribution in [0.2, 0.25) is 0 Å². The maximum absolute atomic E-state index is 11.8. The van der Waals surface area contributed by atoms with Gasteiger partial charge in [0.2, 0.25) is 0 Å². The van der Waals surface area contributed by atoms with Gasteiger partial charge in [0.25, 0.3) is 0 Å². The highest BCUT2D eigenvalue weighted by molar-refractivity contribution is 6.08. The molecule has 0 aliphatic rings. The van der Waals surface area contributed by atoms with E-state index in [0.717, 1.165) is 16.8 Å². The highest BCUT2D eigenvalue weighted by Gasteiger charge is 2.06. The van der Waals surface area contributed by atoms with E-state index in [0.29, 0.717) is 0 Å². The first-order valence-corrected chi connectivity index (χ1v) is 6.72. The van der Waals surface area contributed by atoms with Gasteiger partial charge in [-0.15, -0.1) is 0 Å². The zero-order valence-corrected chi connectivity index (χ0v) is 11.6. The van der Waals surface area contributed by atoms with E-state index in [-0.39, 0.29) is 5.78 Å². The molecule has 2 nitrogen and oxygen atoms in total. The van der Waals surface area contributed by atoms with Crippen LogP contribution in [-0.4, -0.2) is 5.78 Å². The molecule has 0 aliphatic carbocycles. The molecule has 0 amide bonds. The molecule has 3 rings (SSSR count). The van der Waals surface area contributed by atoms with E-state index in [2.05, 4.69) is 0 Å². The molecule has 0 aromatic heterocycles. The lowest BCUT2D eigenvalue weighted by Crippen LogP contribution is -1.99. The Morgan fingerprint density at radius 1 is 0.571 bits per heavy atom. The molecule has 0 saturated carbocycles. The molecule has 0 atom stereocenters. The number of hydrogen-bond acceptors (Lipinski definition) is 2. The van der Waals surface area contributed by atoms with Crippen LogP contribution >= 0.6 is 0 Å². The molecule has 0 aliphatic heterocycles. The molecule has 0 heterocycles. The number of benzene rings is 3. The molecule has 3 aromatic carbocycles. The second-order valence-electron chi connectivity index (χ2n) is 4.47. The number of nitrogens with two attached hydrogens (primary N) is 1. The summed E-state index contributed by atoms with van der Waals surface area (Å²) in [5, 5.41) is 0. The minimum absolute atomic E-state index is 0.0752. The molecule has 2 heteroatoms. The van der Waals surface area contributed by atoms with Crippen molar-refractivity contribution in [3.05, 3.63) is 102 Å². The van der Waals surface area contributed by atoms with Crippen LogP contribution in [0.4, 0.5) is 5.69 Å². The van der Waals surface area contributed by atoms with Gasteiger partial charge >= 0.3 is 0 Å². The molecule has 0 spiro atoms. The summed E-state index contributed by atoms with van der Waals surface area (Å²) < 4.78 is 0. The number of anilines is 1. The van der Waals surface area contributed by atoms with Crippen LogP contribution in [0.1, 0.15) is 15.9 Å². The van der Waals surface area contributed by atoms with Crippen molar-refractivity contribution < 1.29 is 4.79 Å². The van der Waals surface area contributed by atoms with E-state index in [1.165, 1.54) is 0 Å². The predicted octanol–water partition coefficient (Wildman–Crippen LogP) is 4.19. The molecular formula is C19H17NO. The zero-order valence-electron chi connectivity index (χ0n) is 11.6. The minimum atomic E-state index is 0.0752. The third kappa shape index (κ3) is 4.62. The Balaban J connectivity index is 0.000000194. The van der Waals surface area contributed by atoms with Crippen molar-refractivity contribution >= 4 is 11.5 Å². The fourth-order valence-corrected chi connectivity index (χ4v) is 1.80. The fourth-order valence-electron chi connectivity index (χ4n) is 1.80. The van der Waals surface area contributed by atoms with Crippen LogP contribution in [-0.2, 0) is 0 Å². The first-order chi connectivity index (χ1) is 10.3. The Kier molecular flexibility index (Phi) is 5.30. The Morgan fingerprint density at radius 3 is 1.19 bits per heavy atom. The molecule has 104 valence electrons. The van der Waals surface area contributed by atoms with Crippen LogP contribution in [0.3, 0.4) is 0 Å². The molecule has 0 saturated heterocycles. The van der Waals surface area contributed by atoms with E-state index in [1.54, 1.807) is 0 Å². The van der Waals surface area contributed by atoms with Crippen molar-refractivity contribution in [2.45, 2.75) is 0 Å². The molecule has 0 fully saturated rings. The zero-order chi connectivity index (χ0) is 14.9. The highest BCUT2D eigenvalue weighted by atomic mass is 16.1. The Morgan fingerprint density at radius 2 is 0.905 bits per heavy atom. The first-order valence-electron chi connectivity index (χ1n) is 6.72. The summed E-state index contributed by atoms with van der Waals surface area (Å²) in [6.07, 6.45) is 0. The summed E-state index contributed by atoms with van der Waals surface area (Å²) in [6.45, 7) is 0. The van der Waals surface area contributed by atoms with E-state index >= 15 is 0 Å². The van der Waals surface area contributed by atoms with Crippen LogP contribution in [0.5, 0.6) is 0 Å². The second kappa shape index (κ2) is 7.65. The Labute approximate surface area is 124 Å². The van der Waals surface area contributed by atoms with Gasteiger partial charge in [0, 0.05) is 16.8 Å². The van der Waals surface area contributed by atoms with Gasteiger partial charge in [-0.25, -0.2) is 0 Å². The van der Waals surface area contributed by atoms with Crippen LogP contribution in [0.25, 0.3) is 0 Å². The third-order valence-corrected chi connectivity index (χ3v) is 2.87. The monoisotopic (exact) mass is 275 g/mol. The third-order valence-electron chi connectivity index (χ3n) is 2.87. The topological polar surface area (TPSA) is 43.1 Å². The lowest BCUT2D eigenvalue weighted by molar-refractivity contribution is 0.103. The molecule has 3 aromatic rings. The lowest BCUT2D eigenvalue weighted by Gasteiger charge is -1.99. The minimum Gasteiger partial charge on any atom is -0.399 e. The number of carbonyl (C=O) groups excluding carboxylic acids is 1. The standard InChI is InChI=1S/C13H10O.C6H7N/c14-13(11-7-3-1-4-8-11)12-9-5-2-6-10-12;7-6-4-2-1-3-5-6/h1-10H;1-5H,7H2. The van der Waals surface area contributed by atoms with Crippen molar-refractivity contribution in [1.82, 2.24) is 0 Å². The van der Waals surface area contributed by atoms with Gasteiger partial charge in [-0.3, -0.25) is 4.79 Å². The van der Waals surface area contributed by atoms with Crippen molar-refractivity contribution in [3.63, 3.8) is 0 Å². The average molecular weight is 275 g/mol. The van der Waals surface area contributed by atoms with Crippen molar-refractivity contribution in [2.75, 3.05) is 5.73 Å². The fraction of sp³-hybridized carbons (Fsp3) is 0. The van der Waals surface area contributed by atoms with Crippen molar-refractivity contribution in [1.29, 1.82) is 0 Å².